The normalized spacial score (nSPS) is 17.8. The fraction of sp³-hybridized carbons (Fsp3) is 0.414. The highest BCUT2D eigenvalue weighted by Crippen LogP contribution is 2.41. The SMILES string of the molecule is C#Cc1ccccc1C(C(=O)Nc1ccc(OC)cc1)N(C(=O)C(CO)NC(=O)OC(C)(C)C)C1CC1C. The summed E-state index contributed by atoms with van der Waals surface area (Å²) in [4.78, 5) is 41.6. The third-order valence-corrected chi connectivity index (χ3v) is 6.15. The summed E-state index contributed by atoms with van der Waals surface area (Å²) in [6.07, 6.45) is 5.57. The first kappa shape index (κ1) is 28.5. The topological polar surface area (TPSA) is 117 Å². The molecule has 3 amide bonds. The second kappa shape index (κ2) is 12.0. The molecule has 0 spiro atoms. The molecule has 0 aliphatic heterocycles. The zero-order valence-electron chi connectivity index (χ0n) is 22.4. The molecular formula is C29H35N3O6. The molecular weight excluding hydrogens is 486 g/mol. The Morgan fingerprint density at radius 3 is 2.32 bits per heavy atom. The van der Waals surface area contributed by atoms with Gasteiger partial charge in [-0.25, -0.2) is 4.79 Å². The van der Waals surface area contributed by atoms with E-state index in [1.54, 1.807) is 76.4 Å². The van der Waals surface area contributed by atoms with E-state index in [-0.39, 0.29) is 12.0 Å². The predicted molar refractivity (Wildman–Crippen MR) is 143 cm³/mol. The van der Waals surface area contributed by atoms with Gasteiger partial charge in [0, 0.05) is 17.3 Å². The third kappa shape index (κ3) is 7.05. The highest BCUT2D eigenvalue weighted by Gasteiger charge is 2.48. The summed E-state index contributed by atoms with van der Waals surface area (Å²) in [5.41, 5.74) is 0.613. The van der Waals surface area contributed by atoms with Gasteiger partial charge in [-0.05, 0) is 69.0 Å². The van der Waals surface area contributed by atoms with E-state index in [9.17, 15) is 19.5 Å². The van der Waals surface area contributed by atoms with Gasteiger partial charge in [-0.1, -0.05) is 31.0 Å². The maximum atomic E-state index is 13.9. The summed E-state index contributed by atoms with van der Waals surface area (Å²) in [6, 6.07) is 10.9. The van der Waals surface area contributed by atoms with Gasteiger partial charge in [0.2, 0.25) is 5.91 Å². The number of hydrogen-bond acceptors (Lipinski definition) is 6. The largest absolute Gasteiger partial charge is 0.497 e. The van der Waals surface area contributed by atoms with Crippen molar-refractivity contribution in [2.75, 3.05) is 19.0 Å². The van der Waals surface area contributed by atoms with Crippen LogP contribution in [0.3, 0.4) is 0 Å². The summed E-state index contributed by atoms with van der Waals surface area (Å²) < 4.78 is 10.5. The van der Waals surface area contributed by atoms with E-state index in [0.29, 0.717) is 29.0 Å². The van der Waals surface area contributed by atoms with Gasteiger partial charge < -0.3 is 30.1 Å². The van der Waals surface area contributed by atoms with Gasteiger partial charge in [0.1, 0.15) is 23.4 Å². The lowest BCUT2D eigenvalue weighted by Crippen LogP contribution is -2.54. The number of aliphatic hydroxyl groups is 1. The minimum atomic E-state index is -1.33. The lowest BCUT2D eigenvalue weighted by atomic mass is 9.97. The predicted octanol–water partition coefficient (Wildman–Crippen LogP) is 3.48. The second-order valence-corrected chi connectivity index (χ2v) is 10.3. The van der Waals surface area contributed by atoms with Crippen molar-refractivity contribution in [2.24, 2.45) is 5.92 Å². The van der Waals surface area contributed by atoms with Crippen molar-refractivity contribution in [1.82, 2.24) is 10.2 Å². The van der Waals surface area contributed by atoms with Crippen molar-refractivity contribution in [2.45, 2.75) is 57.8 Å². The number of anilines is 1. The van der Waals surface area contributed by atoms with E-state index in [0.717, 1.165) is 0 Å². The summed E-state index contributed by atoms with van der Waals surface area (Å²) in [7, 11) is 1.55. The van der Waals surface area contributed by atoms with Crippen LogP contribution in [0.5, 0.6) is 5.75 Å². The maximum absolute atomic E-state index is 13.9. The van der Waals surface area contributed by atoms with Crippen molar-refractivity contribution in [3.8, 4) is 18.1 Å². The molecule has 1 fully saturated rings. The first-order valence-corrected chi connectivity index (χ1v) is 12.4. The van der Waals surface area contributed by atoms with Gasteiger partial charge >= 0.3 is 6.09 Å². The number of alkyl carbamates (subject to hydrolysis) is 1. The fourth-order valence-electron chi connectivity index (χ4n) is 4.16. The van der Waals surface area contributed by atoms with Crippen molar-refractivity contribution in [1.29, 1.82) is 0 Å². The summed E-state index contributed by atoms with van der Waals surface area (Å²) >= 11 is 0. The number of amides is 3. The Kier molecular flexibility index (Phi) is 9.02. The van der Waals surface area contributed by atoms with E-state index in [1.807, 2.05) is 6.92 Å². The highest BCUT2D eigenvalue weighted by atomic mass is 16.6. The smallest absolute Gasteiger partial charge is 0.408 e. The molecule has 2 aromatic rings. The van der Waals surface area contributed by atoms with Crippen LogP contribution in [0, 0.1) is 18.3 Å². The summed E-state index contributed by atoms with van der Waals surface area (Å²) in [6.45, 7) is 6.36. The second-order valence-electron chi connectivity index (χ2n) is 10.3. The minimum Gasteiger partial charge on any atom is -0.497 e. The molecule has 0 radical (unpaired) electrons. The van der Waals surface area contributed by atoms with Crippen LogP contribution in [-0.2, 0) is 14.3 Å². The Hall–Kier alpha value is -4.03. The van der Waals surface area contributed by atoms with E-state index < -0.39 is 42.2 Å². The van der Waals surface area contributed by atoms with Crippen molar-refractivity contribution in [3.05, 3.63) is 59.7 Å². The van der Waals surface area contributed by atoms with Gasteiger partial charge in [-0.2, -0.15) is 0 Å². The molecule has 3 N–H and O–H groups in total. The van der Waals surface area contributed by atoms with E-state index >= 15 is 0 Å². The van der Waals surface area contributed by atoms with Crippen LogP contribution in [0.1, 0.15) is 51.3 Å². The number of benzene rings is 2. The van der Waals surface area contributed by atoms with Crippen molar-refractivity contribution < 1.29 is 29.0 Å². The fourth-order valence-corrected chi connectivity index (χ4v) is 4.16. The van der Waals surface area contributed by atoms with Gasteiger partial charge in [0.25, 0.3) is 5.91 Å². The summed E-state index contributed by atoms with van der Waals surface area (Å²) in [5.74, 6) is 2.23. The lowest BCUT2D eigenvalue weighted by molar-refractivity contribution is -0.142. The van der Waals surface area contributed by atoms with E-state index in [1.165, 1.54) is 4.90 Å². The van der Waals surface area contributed by atoms with Crippen LogP contribution >= 0.6 is 0 Å². The zero-order chi connectivity index (χ0) is 28.0. The Morgan fingerprint density at radius 2 is 1.79 bits per heavy atom. The third-order valence-electron chi connectivity index (χ3n) is 6.15. The molecule has 2 aromatic carbocycles. The molecule has 0 saturated heterocycles. The molecule has 9 heteroatoms. The van der Waals surface area contributed by atoms with Crippen LogP contribution in [-0.4, -0.2) is 59.3 Å². The molecule has 4 atom stereocenters. The van der Waals surface area contributed by atoms with Gasteiger partial charge in [-0.3, -0.25) is 9.59 Å². The van der Waals surface area contributed by atoms with Crippen LogP contribution in [0.25, 0.3) is 0 Å². The Bertz CT molecular complexity index is 1200. The average Bonchev–Trinajstić information content (AvgIpc) is 3.60. The van der Waals surface area contributed by atoms with E-state index in [2.05, 4.69) is 16.6 Å². The first-order valence-electron chi connectivity index (χ1n) is 12.4. The molecule has 1 aliphatic rings. The number of hydrogen-bond donors (Lipinski definition) is 3. The lowest BCUT2D eigenvalue weighted by Gasteiger charge is -2.35. The number of nitrogens with one attached hydrogen (secondary N) is 2. The molecule has 0 bridgehead atoms. The van der Waals surface area contributed by atoms with E-state index in [4.69, 9.17) is 15.9 Å². The number of carbonyl (C=O) groups is 3. The number of terminal acetylenes is 1. The van der Waals surface area contributed by atoms with Crippen LogP contribution in [0.15, 0.2) is 48.5 Å². The van der Waals surface area contributed by atoms with Gasteiger partial charge in [-0.15, -0.1) is 6.42 Å². The maximum Gasteiger partial charge on any atom is 0.408 e. The van der Waals surface area contributed by atoms with Crippen LogP contribution < -0.4 is 15.4 Å². The molecule has 0 heterocycles. The first-order chi connectivity index (χ1) is 18.0. The molecule has 9 nitrogen and oxygen atoms in total. The number of aliphatic hydroxyl groups excluding tert-OH is 1. The standard InChI is InChI=1S/C29H35N3O6/c1-7-19-10-8-9-11-22(19)25(26(34)30-20-12-14-21(37-6)15-13-20)32(24-16-18(24)2)27(35)23(17-33)31-28(36)38-29(3,4)5/h1,8-15,18,23-25,33H,16-17H2,2-6H3,(H,30,34)(H,31,36). The zero-order valence-corrected chi connectivity index (χ0v) is 22.4. The number of methoxy groups -OCH3 is 1. The average molecular weight is 522 g/mol. The van der Waals surface area contributed by atoms with Gasteiger partial charge in [0.15, 0.2) is 0 Å². The monoisotopic (exact) mass is 521 g/mol. The Labute approximate surface area is 223 Å². The van der Waals surface area contributed by atoms with Crippen molar-refractivity contribution >= 4 is 23.6 Å². The molecule has 0 aromatic heterocycles. The number of ether oxygens (including phenoxy) is 2. The molecule has 4 unspecified atom stereocenters. The number of carbonyl (C=O) groups excluding carboxylic acids is 3. The molecule has 1 aliphatic carbocycles. The minimum absolute atomic E-state index is 0.106. The quantitative estimate of drug-likeness (QED) is 0.435. The molecule has 202 valence electrons. The van der Waals surface area contributed by atoms with Crippen LogP contribution in [0.2, 0.25) is 0 Å². The number of nitrogens with zero attached hydrogens (tertiary/aromatic N) is 1. The Balaban J connectivity index is 2.01. The molecule has 1 saturated carbocycles. The van der Waals surface area contributed by atoms with Crippen LogP contribution in [0.4, 0.5) is 10.5 Å². The molecule has 3 rings (SSSR count). The van der Waals surface area contributed by atoms with Gasteiger partial charge in [0.05, 0.1) is 13.7 Å². The van der Waals surface area contributed by atoms with Crippen molar-refractivity contribution in [3.63, 3.8) is 0 Å². The summed E-state index contributed by atoms with van der Waals surface area (Å²) in [5, 5.41) is 15.4. The highest BCUT2D eigenvalue weighted by molar-refractivity contribution is 5.99. The Morgan fingerprint density at radius 1 is 1.16 bits per heavy atom. The molecule has 38 heavy (non-hydrogen) atoms. The number of rotatable bonds is 9.